The van der Waals surface area contributed by atoms with Crippen molar-refractivity contribution < 1.29 is 14.6 Å². The second-order valence-corrected chi connectivity index (χ2v) is 1.73. The number of ether oxygens (including phenoxy) is 1. The normalized spacial score (nSPS) is 11.8. The lowest BCUT2D eigenvalue weighted by Crippen LogP contribution is -2.27. The SMILES string of the molecule is COCC(CN)C(=O)O.Cl. The molecule has 0 saturated carbocycles. The summed E-state index contributed by atoms with van der Waals surface area (Å²) in [6.45, 7) is 0.314. The van der Waals surface area contributed by atoms with Crippen LogP contribution in [0.3, 0.4) is 0 Å². The van der Waals surface area contributed by atoms with Crippen molar-refractivity contribution in [2.45, 2.75) is 0 Å². The average molecular weight is 170 g/mol. The first-order valence-electron chi connectivity index (χ1n) is 2.64. The lowest BCUT2D eigenvalue weighted by molar-refractivity contribution is -0.143. The fraction of sp³-hybridized carbons (Fsp3) is 0.800. The molecule has 4 nitrogen and oxygen atoms in total. The predicted octanol–water partition coefficient (Wildman–Crippen LogP) is -0.286. The van der Waals surface area contributed by atoms with Crippen molar-refractivity contribution >= 4 is 18.4 Å². The molecule has 3 N–H and O–H groups in total. The van der Waals surface area contributed by atoms with Crippen LogP contribution in [0.1, 0.15) is 0 Å². The molecular weight excluding hydrogens is 158 g/mol. The summed E-state index contributed by atoms with van der Waals surface area (Å²) in [4.78, 5) is 10.2. The molecule has 0 aliphatic heterocycles. The maximum atomic E-state index is 10.2. The molecule has 0 rings (SSSR count). The van der Waals surface area contributed by atoms with Crippen LogP contribution in [0.4, 0.5) is 0 Å². The molecule has 10 heavy (non-hydrogen) atoms. The molecular formula is C5H12ClNO3. The van der Waals surface area contributed by atoms with Crippen LogP contribution in [0.15, 0.2) is 0 Å². The number of rotatable bonds is 4. The number of hydrogen-bond acceptors (Lipinski definition) is 3. The van der Waals surface area contributed by atoms with E-state index in [0.29, 0.717) is 0 Å². The van der Waals surface area contributed by atoms with E-state index in [4.69, 9.17) is 10.8 Å². The maximum Gasteiger partial charge on any atom is 0.310 e. The van der Waals surface area contributed by atoms with E-state index in [1.54, 1.807) is 0 Å². The number of nitrogens with two attached hydrogens (primary N) is 1. The number of methoxy groups -OCH3 is 1. The minimum atomic E-state index is -0.903. The number of halogens is 1. The van der Waals surface area contributed by atoms with E-state index < -0.39 is 11.9 Å². The molecule has 0 aromatic rings. The van der Waals surface area contributed by atoms with Crippen LogP contribution in [0.2, 0.25) is 0 Å². The number of carboxylic acids is 1. The van der Waals surface area contributed by atoms with Gasteiger partial charge in [-0.1, -0.05) is 0 Å². The third kappa shape index (κ3) is 4.55. The van der Waals surface area contributed by atoms with Gasteiger partial charge < -0.3 is 15.6 Å². The molecule has 0 aliphatic rings. The number of carboxylic acid groups (broad SMARTS) is 1. The van der Waals surface area contributed by atoms with E-state index in [1.807, 2.05) is 0 Å². The Balaban J connectivity index is 0. The Hall–Kier alpha value is -0.320. The summed E-state index contributed by atoms with van der Waals surface area (Å²) in [6, 6.07) is 0. The quantitative estimate of drug-likeness (QED) is 0.607. The van der Waals surface area contributed by atoms with E-state index >= 15 is 0 Å². The Morgan fingerprint density at radius 2 is 2.30 bits per heavy atom. The van der Waals surface area contributed by atoms with Crippen LogP contribution >= 0.6 is 12.4 Å². The number of aliphatic carboxylic acids is 1. The minimum absolute atomic E-state index is 0. The first-order valence-corrected chi connectivity index (χ1v) is 2.64. The van der Waals surface area contributed by atoms with Gasteiger partial charge in [0.25, 0.3) is 0 Å². The molecule has 1 atom stereocenters. The van der Waals surface area contributed by atoms with Gasteiger partial charge >= 0.3 is 5.97 Å². The second-order valence-electron chi connectivity index (χ2n) is 1.73. The van der Waals surface area contributed by atoms with Crippen LogP contribution in [-0.4, -0.2) is 31.3 Å². The van der Waals surface area contributed by atoms with Gasteiger partial charge in [-0.15, -0.1) is 12.4 Å². The molecule has 0 aromatic carbocycles. The van der Waals surface area contributed by atoms with Crippen molar-refractivity contribution in [2.24, 2.45) is 11.7 Å². The Bertz CT molecular complexity index is 98.9. The molecule has 5 heteroatoms. The van der Waals surface area contributed by atoms with Gasteiger partial charge in [0.1, 0.15) is 0 Å². The van der Waals surface area contributed by atoms with Gasteiger partial charge in [0, 0.05) is 13.7 Å². The zero-order chi connectivity index (χ0) is 7.28. The first-order chi connectivity index (χ1) is 4.22. The molecule has 0 heterocycles. The maximum absolute atomic E-state index is 10.2. The molecule has 0 aliphatic carbocycles. The van der Waals surface area contributed by atoms with Crippen molar-refractivity contribution in [1.82, 2.24) is 0 Å². The first kappa shape index (κ1) is 12.4. The van der Waals surface area contributed by atoms with Gasteiger partial charge in [0.2, 0.25) is 0 Å². The smallest absolute Gasteiger partial charge is 0.310 e. The largest absolute Gasteiger partial charge is 0.481 e. The molecule has 0 aromatic heterocycles. The van der Waals surface area contributed by atoms with Crippen molar-refractivity contribution in [3.63, 3.8) is 0 Å². The lowest BCUT2D eigenvalue weighted by atomic mass is 10.2. The fourth-order valence-corrected chi connectivity index (χ4v) is 0.441. The van der Waals surface area contributed by atoms with Crippen molar-refractivity contribution in [1.29, 1.82) is 0 Å². The molecule has 0 spiro atoms. The van der Waals surface area contributed by atoms with Crippen LogP contribution in [-0.2, 0) is 9.53 Å². The average Bonchev–Trinajstić information content (AvgIpc) is 1.82. The van der Waals surface area contributed by atoms with Crippen LogP contribution in [0, 0.1) is 5.92 Å². The molecule has 62 valence electrons. The second kappa shape index (κ2) is 6.80. The Kier molecular flexibility index (Phi) is 8.40. The molecule has 0 radical (unpaired) electrons. The highest BCUT2D eigenvalue weighted by atomic mass is 35.5. The molecule has 1 unspecified atom stereocenters. The van der Waals surface area contributed by atoms with Crippen molar-refractivity contribution in [3.8, 4) is 0 Å². The van der Waals surface area contributed by atoms with E-state index in [0.717, 1.165) is 0 Å². The zero-order valence-electron chi connectivity index (χ0n) is 5.74. The summed E-state index contributed by atoms with van der Waals surface area (Å²) < 4.78 is 4.60. The fourth-order valence-electron chi connectivity index (χ4n) is 0.441. The monoisotopic (exact) mass is 169 g/mol. The third-order valence-electron chi connectivity index (χ3n) is 1.00. The Labute approximate surface area is 65.8 Å². The highest BCUT2D eigenvalue weighted by molar-refractivity contribution is 5.85. The third-order valence-corrected chi connectivity index (χ3v) is 1.00. The van der Waals surface area contributed by atoms with Gasteiger partial charge in [0.15, 0.2) is 0 Å². The number of hydrogen-bond donors (Lipinski definition) is 2. The van der Waals surface area contributed by atoms with Gasteiger partial charge in [-0.3, -0.25) is 4.79 Å². The summed E-state index contributed by atoms with van der Waals surface area (Å²) in [5.41, 5.74) is 5.10. The van der Waals surface area contributed by atoms with Crippen molar-refractivity contribution in [3.05, 3.63) is 0 Å². The molecule has 0 amide bonds. The standard InChI is InChI=1S/C5H11NO3.ClH/c1-9-3-4(2-6)5(7)8;/h4H,2-3,6H2,1H3,(H,7,8);1H. The van der Waals surface area contributed by atoms with Gasteiger partial charge in [-0.2, -0.15) is 0 Å². The van der Waals surface area contributed by atoms with E-state index in [2.05, 4.69) is 4.74 Å². The van der Waals surface area contributed by atoms with E-state index in [-0.39, 0.29) is 25.6 Å². The molecule has 0 saturated heterocycles. The minimum Gasteiger partial charge on any atom is -0.481 e. The van der Waals surface area contributed by atoms with Gasteiger partial charge in [-0.05, 0) is 0 Å². The molecule has 0 bridgehead atoms. The lowest BCUT2D eigenvalue weighted by Gasteiger charge is -2.05. The van der Waals surface area contributed by atoms with Crippen LogP contribution in [0.25, 0.3) is 0 Å². The summed E-state index contributed by atoms with van der Waals surface area (Å²) >= 11 is 0. The number of carbonyl (C=O) groups is 1. The zero-order valence-corrected chi connectivity index (χ0v) is 6.56. The summed E-state index contributed by atoms with van der Waals surface area (Å²) in [5, 5.41) is 8.34. The highest BCUT2D eigenvalue weighted by Crippen LogP contribution is 1.92. The highest BCUT2D eigenvalue weighted by Gasteiger charge is 2.13. The van der Waals surface area contributed by atoms with Crippen molar-refractivity contribution in [2.75, 3.05) is 20.3 Å². The Morgan fingerprint density at radius 3 is 2.40 bits per heavy atom. The summed E-state index contributed by atoms with van der Waals surface area (Å²) in [6.07, 6.45) is 0. The predicted molar refractivity (Wildman–Crippen MR) is 39.3 cm³/mol. The van der Waals surface area contributed by atoms with Gasteiger partial charge in [0.05, 0.1) is 12.5 Å². The van der Waals surface area contributed by atoms with E-state index in [1.165, 1.54) is 7.11 Å². The summed E-state index contributed by atoms with van der Waals surface area (Å²) in [5.74, 6) is -1.46. The van der Waals surface area contributed by atoms with Crippen LogP contribution < -0.4 is 5.73 Å². The van der Waals surface area contributed by atoms with E-state index in [9.17, 15) is 4.79 Å². The Morgan fingerprint density at radius 1 is 1.80 bits per heavy atom. The molecule has 0 fully saturated rings. The summed E-state index contributed by atoms with van der Waals surface area (Å²) in [7, 11) is 1.45. The van der Waals surface area contributed by atoms with Gasteiger partial charge in [-0.25, -0.2) is 0 Å². The van der Waals surface area contributed by atoms with Crippen LogP contribution in [0.5, 0.6) is 0 Å². The topological polar surface area (TPSA) is 72.5 Å².